The van der Waals surface area contributed by atoms with E-state index in [-0.39, 0.29) is 35.2 Å². The van der Waals surface area contributed by atoms with Gasteiger partial charge in [0.15, 0.2) is 0 Å². The molecule has 3 aromatic rings. The van der Waals surface area contributed by atoms with Crippen LogP contribution in [-0.4, -0.2) is 68.1 Å². The summed E-state index contributed by atoms with van der Waals surface area (Å²) >= 11 is 1.12. The number of alkyl halides is 3. The second-order valence-electron chi connectivity index (χ2n) is 12.1. The topological polar surface area (TPSA) is 106 Å². The first kappa shape index (κ1) is 31.9. The van der Waals surface area contributed by atoms with E-state index in [0.29, 0.717) is 72.3 Å². The molecule has 1 amide bonds. The maximum atomic E-state index is 13.0. The zero-order valence-electron chi connectivity index (χ0n) is 25.1. The fourth-order valence-corrected chi connectivity index (χ4v) is 6.33. The lowest BCUT2D eigenvalue weighted by Crippen LogP contribution is -2.40. The van der Waals surface area contributed by atoms with Crippen LogP contribution in [0.1, 0.15) is 62.9 Å². The lowest BCUT2D eigenvalue weighted by atomic mass is 9.97. The maximum absolute atomic E-state index is 13.0. The van der Waals surface area contributed by atoms with Crippen LogP contribution in [0.15, 0.2) is 42.6 Å². The molecule has 0 radical (unpaired) electrons. The zero-order chi connectivity index (χ0) is 31.6. The molecule has 1 unspecified atom stereocenters. The second kappa shape index (κ2) is 13.2. The van der Waals surface area contributed by atoms with Gasteiger partial charge in [-0.2, -0.15) is 13.2 Å². The predicted molar refractivity (Wildman–Crippen MR) is 167 cm³/mol. The Morgan fingerprint density at radius 3 is 2.57 bits per heavy atom. The molecule has 0 spiro atoms. The van der Waals surface area contributed by atoms with Crippen LogP contribution in [0.25, 0.3) is 10.9 Å². The van der Waals surface area contributed by atoms with Crippen LogP contribution in [0.4, 0.5) is 13.2 Å². The minimum atomic E-state index is -4.25. The van der Waals surface area contributed by atoms with Crippen molar-refractivity contribution in [2.45, 2.75) is 58.7 Å². The molecule has 0 bridgehead atoms. The van der Waals surface area contributed by atoms with Crippen molar-refractivity contribution in [3.8, 4) is 11.5 Å². The highest BCUT2D eigenvalue weighted by atomic mass is 32.2. The summed E-state index contributed by atoms with van der Waals surface area (Å²) in [5.41, 5.74) is 2.08. The number of benzene rings is 2. The van der Waals surface area contributed by atoms with Crippen molar-refractivity contribution in [1.82, 2.24) is 19.8 Å². The van der Waals surface area contributed by atoms with Gasteiger partial charge in [0.25, 0.3) is 0 Å². The normalized spacial score (nSPS) is 19.6. The molecule has 0 saturated carbocycles. The summed E-state index contributed by atoms with van der Waals surface area (Å²) in [5.74, 6) is 1.76. The number of ether oxygens (including phenoxy) is 1. The molecule has 2 N–H and O–H groups in total. The number of carbonyl (C=O) groups is 1. The highest BCUT2D eigenvalue weighted by molar-refractivity contribution is 8.26. The Morgan fingerprint density at radius 2 is 1.91 bits per heavy atom. The number of nitrogens with zero attached hydrogens (tertiary/aromatic N) is 4. The van der Waals surface area contributed by atoms with Crippen molar-refractivity contribution in [2.24, 2.45) is 11.8 Å². The molecule has 5 rings (SSSR count). The van der Waals surface area contributed by atoms with E-state index < -0.39 is 12.7 Å². The number of amides is 1. The monoisotopic (exact) mass is 626 g/mol. The maximum Gasteiger partial charge on any atom is 0.401 e. The zero-order valence-corrected chi connectivity index (χ0v) is 25.9. The summed E-state index contributed by atoms with van der Waals surface area (Å²) in [7, 11) is 0. The van der Waals surface area contributed by atoms with E-state index in [2.05, 4.69) is 4.98 Å². The van der Waals surface area contributed by atoms with Crippen LogP contribution in [0.3, 0.4) is 0 Å². The van der Waals surface area contributed by atoms with Crippen molar-refractivity contribution >= 4 is 38.7 Å². The quantitative estimate of drug-likeness (QED) is 0.202. The van der Waals surface area contributed by atoms with E-state index in [0.717, 1.165) is 22.7 Å². The molecule has 234 valence electrons. The number of nitrogens with one attached hydrogen (secondary N) is 2. The molecule has 3 heterocycles. The first-order valence-electron chi connectivity index (χ1n) is 14.8. The Labute approximate surface area is 259 Å². The Kier molecular flexibility index (Phi) is 9.59. The molecule has 2 aromatic carbocycles. The van der Waals surface area contributed by atoms with Crippen LogP contribution >= 0.6 is 11.8 Å². The van der Waals surface area contributed by atoms with Gasteiger partial charge < -0.3 is 9.64 Å². The van der Waals surface area contributed by atoms with Crippen molar-refractivity contribution < 1.29 is 22.7 Å². The first-order chi connectivity index (χ1) is 20.8. The molecule has 2 saturated heterocycles. The summed E-state index contributed by atoms with van der Waals surface area (Å²) in [6.07, 6.45) is -0.690. The van der Waals surface area contributed by atoms with Gasteiger partial charge in [0.1, 0.15) is 22.4 Å². The number of halogens is 3. The Hall–Kier alpha value is -3.51. The Morgan fingerprint density at radius 1 is 1.16 bits per heavy atom. The largest absolute Gasteiger partial charge is 0.457 e. The van der Waals surface area contributed by atoms with E-state index in [1.54, 1.807) is 30.5 Å². The first-order valence-corrected chi connectivity index (χ1v) is 15.7. The van der Waals surface area contributed by atoms with Crippen molar-refractivity contribution in [1.29, 1.82) is 10.8 Å². The van der Waals surface area contributed by atoms with E-state index >= 15 is 0 Å². The Balaban J connectivity index is 1.42. The van der Waals surface area contributed by atoms with Gasteiger partial charge in [0, 0.05) is 66.7 Å². The van der Waals surface area contributed by atoms with Gasteiger partial charge >= 0.3 is 6.18 Å². The number of rotatable bonds is 8. The van der Waals surface area contributed by atoms with Crippen LogP contribution < -0.4 is 4.74 Å². The summed E-state index contributed by atoms with van der Waals surface area (Å²) in [5, 5.41) is 17.9. The molecule has 0 aliphatic carbocycles. The standard InChI is InChI=1S/C32H37F3N6O2S/c1-19(2)29(36)44-30(37)21-6-8-25(9-7-21)43-27-13-26-23(12-24(27)17-41-15-20(3)11-28(41)42)14-38-31(39-26)22-5-4-10-40(16-22)18-32(33,34)35/h6-9,12-14,19-20,22,36-37H,4-5,10-11,15-18H2,1-3H3/t20-,22?/m0/s1. The fraction of sp³-hybridized carbons (Fsp3) is 0.469. The van der Waals surface area contributed by atoms with Gasteiger partial charge in [0.05, 0.1) is 17.1 Å². The summed E-state index contributed by atoms with van der Waals surface area (Å²) in [4.78, 5) is 25.2. The number of piperidine rings is 1. The van der Waals surface area contributed by atoms with Crippen LogP contribution in [0.2, 0.25) is 0 Å². The average Bonchev–Trinajstić information content (AvgIpc) is 3.28. The lowest BCUT2D eigenvalue weighted by Gasteiger charge is -2.32. The van der Waals surface area contributed by atoms with Gasteiger partial charge in [-0.25, -0.2) is 9.97 Å². The molecule has 44 heavy (non-hydrogen) atoms. The number of likely N-dealkylation sites (tertiary alicyclic amines) is 2. The van der Waals surface area contributed by atoms with Crippen LogP contribution in [-0.2, 0) is 11.3 Å². The third-order valence-corrected chi connectivity index (χ3v) is 9.04. The van der Waals surface area contributed by atoms with E-state index in [1.807, 2.05) is 37.8 Å². The number of carbonyl (C=O) groups excluding carboxylic acids is 1. The fourth-order valence-electron chi connectivity index (χ4n) is 5.62. The third kappa shape index (κ3) is 7.95. The van der Waals surface area contributed by atoms with Gasteiger partial charge in [0.2, 0.25) is 5.91 Å². The summed E-state index contributed by atoms with van der Waals surface area (Å²) in [6.45, 7) is 6.61. The van der Waals surface area contributed by atoms with Crippen molar-refractivity contribution in [3.05, 3.63) is 59.5 Å². The minimum Gasteiger partial charge on any atom is -0.457 e. The second-order valence-corrected chi connectivity index (χ2v) is 13.1. The Bertz CT molecular complexity index is 1550. The average molecular weight is 627 g/mol. The number of fused-ring (bicyclic) bond motifs is 1. The number of hydrogen-bond donors (Lipinski definition) is 2. The van der Waals surface area contributed by atoms with Crippen molar-refractivity contribution in [2.75, 3.05) is 26.2 Å². The molecular weight excluding hydrogens is 589 g/mol. The molecule has 1 aromatic heterocycles. The van der Waals surface area contributed by atoms with Crippen molar-refractivity contribution in [3.63, 3.8) is 0 Å². The molecule has 8 nitrogen and oxygen atoms in total. The third-order valence-electron chi connectivity index (χ3n) is 7.90. The lowest BCUT2D eigenvalue weighted by molar-refractivity contribution is -0.148. The number of aromatic nitrogens is 2. The summed E-state index contributed by atoms with van der Waals surface area (Å²) in [6, 6.07) is 10.8. The van der Waals surface area contributed by atoms with Gasteiger partial charge in [-0.3, -0.25) is 20.5 Å². The predicted octanol–water partition coefficient (Wildman–Crippen LogP) is 7.22. The van der Waals surface area contributed by atoms with Gasteiger partial charge in [-0.15, -0.1) is 0 Å². The highest BCUT2D eigenvalue weighted by Gasteiger charge is 2.34. The molecule has 12 heteroatoms. The molecule has 2 atom stereocenters. The van der Waals surface area contributed by atoms with E-state index in [9.17, 15) is 18.0 Å². The minimum absolute atomic E-state index is 0.0426. The number of thioether (sulfide) groups is 1. The molecule has 2 aliphatic heterocycles. The SMILES string of the molecule is CC(C)C(=N)SC(=N)c1ccc(Oc2cc3nc(C4CCCN(CC(F)(F)F)C4)ncc3cc2CN2C[C@@H](C)CC2=O)cc1. The van der Waals surface area contributed by atoms with Gasteiger partial charge in [-0.1, -0.05) is 32.5 Å². The van der Waals surface area contributed by atoms with E-state index in [4.69, 9.17) is 20.5 Å². The smallest absolute Gasteiger partial charge is 0.401 e. The van der Waals surface area contributed by atoms with Crippen LogP contribution in [0.5, 0.6) is 11.5 Å². The molecular formula is C32H37F3N6O2S. The van der Waals surface area contributed by atoms with Crippen LogP contribution in [0, 0.1) is 22.7 Å². The molecule has 2 fully saturated rings. The van der Waals surface area contributed by atoms with Gasteiger partial charge in [-0.05, 0) is 55.6 Å². The highest BCUT2D eigenvalue weighted by Crippen LogP contribution is 2.34. The summed E-state index contributed by atoms with van der Waals surface area (Å²) < 4.78 is 45.5. The molecule has 2 aliphatic rings. The number of hydrogen-bond acceptors (Lipinski definition) is 8. The van der Waals surface area contributed by atoms with E-state index in [1.165, 1.54) is 4.90 Å².